The molecule has 0 atom stereocenters. The maximum atomic E-state index is 13.0. The molecule has 4 rings (SSSR count). The van der Waals surface area contributed by atoms with Gasteiger partial charge in [-0.05, 0) is 24.3 Å². The van der Waals surface area contributed by atoms with Gasteiger partial charge in [0.1, 0.15) is 17.2 Å². The van der Waals surface area contributed by atoms with Crippen molar-refractivity contribution in [1.29, 1.82) is 0 Å². The summed E-state index contributed by atoms with van der Waals surface area (Å²) >= 11 is 0. The number of hydrogen-bond acceptors (Lipinski definition) is 8. The second kappa shape index (κ2) is 7.83. The van der Waals surface area contributed by atoms with Gasteiger partial charge in [0, 0.05) is 17.2 Å². The van der Waals surface area contributed by atoms with Crippen molar-refractivity contribution >= 4 is 23.2 Å². The Hall–Kier alpha value is -4.33. The van der Waals surface area contributed by atoms with Crippen LogP contribution in [0.2, 0.25) is 0 Å². The summed E-state index contributed by atoms with van der Waals surface area (Å²) in [5.41, 5.74) is 6.33. The van der Waals surface area contributed by atoms with E-state index in [1.165, 1.54) is 25.3 Å². The highest BCUT2D eigenvalue weighted by Gasteiger charge is 2.35. The van der Waals surface area contributed by atoms with Gasteiger partial charge in [-0.25, -0.2) is 4.79 Å². The Morgan fingerprint density at radius 1 is 0.935 bits per heavy atom. The number of carbonyl (C=O) groups is 3. The SMILES string of the molecule is COC(=O)COc1ccc(Oc2cc(O)c3c(c2N)C(=O)c2ccccc2C3=O)cc1. The molecule has 0 heterocycles. The second-order valence-corrected chi connectivity index (χ2v) is 6.70. The molecule has 31 heavy (non-hydrogen) atoms. The standard InChI is InChI=1S/C23H17NO7/c1-29-18(26)11-30-12-6-8-13(9-7-12)31-17-10-16(25)19-20(21(17)24)23(28)15-5-3-2-4-14(15)22(19)27/h2-10,25H,11,24H2,1H3. The number of hydrogen-bond donors (Lipinski definition) is 2. The summed E-state index contributed by atoms with van der Waals surface area (Å²) in [6, 6.07) is 13.8. The van der Waals surface area contributed by atoms with Crippen molar-refractivity contribution in [3.05, 3.63) is 76.9 Å². The molecular weight excluding hydrogens is 402 g/mol. The van der Waals surface area contributed by atoms with E-state index < -0.39 is 23.3 Å². The minimum atomic E-state index is -0.515. The first kappa shape index (κ1) is 20.0. The van der Waals surface area contributed by atoms with E-state index in [1.807, 2.05) is 0 Å². The number of rotatable bonds is 5. The van der Waals surface area contributed by atoms with E-state index in [4.69, 9.17) is 15.2 Å². The molecule has 0 spiro atoms. The van der Waals surface area contributed by atoms with Crippen LogP contribution in [0.4, 0.5) is 5.69 Å². The fourth-order valence-corrected chi connectivity index (χ4v) is 3.29. The highest BCUT2D eigenvalue weighted by molar-refractivity contribution is 6.31. The number of esters is 1. The molecule has 0 aliphatic heterocycles. The molecule has 0 bridgehead atoms. The average molecular weight is 419 g/mol. The van der Waals surface area contributed by atoms with Gasteiger partial charge < -0.3 is 25.1 Å². The highest BCUT2D eigenvalue weighted by atomic mass is 16.6. The van der Waals surface area contributed by atoms with Crippen LogP contribution >= 0.6 is 0 Å². The predicted octanol–water partition coefficient (Wildman–Crippen LogP) is 3.09. The number of ketones is 2. The van der Waals surface area contributed by atoms with Gasteiger partial charge in [-0.15, -0.1) is 0 Å². The molecule has 1 aliphatic rings. The number of nitrogens with two attached hydrogens (primary N) is 1. The Morgan fingerprint density at radius 3 is 2.13 bits per heavy atom. The van der Waals surface area contributed by atoms with Crippen molar-refractivity contribution in [2.24, 2.45) is 0 Å². The molecule has 3 N–H and O–H groups in total. The summed E-state index contributed by atoms with van der Waals surface area (Å²) in [4.78, 5) is 36.9. The number of aromatic hydroxyl groups is 1. The maximum absolute atomic E-state index is 13.0. The van der Waals surface area contributed by atoms with Crippen molar-refractivity contribution in [1.82, 2.24) is 0 Å². The zero-order valence-electron chi connectivity index (χ0n) is 16.4. The summed E-state index contributed by atoms with van der Waals surface area (Å²) in [6.45, 7) is -0.236. The first-order chi connectivity index (χ1) is 14.9. The lowest BCUT2D eigenvalue weighted by atomic mass is 9.82. The summed E-state index contributed by atoms with van der Waals surface area (Å²) in [6.07, 6.45) is 0. The Morgan fingerprint density at radius 2 is 1.52 bits per heavy atom. The second-order valence-electron chi connectivity index (χ2n) is 6.70. The third-order valence-electron chi connectivity index (χ3n) is 4.82. The lowest BCUT2D eigenvalue weighted by Gasteiger charge is -2.21. The van der Waals surface area contributed by atoms with Gasteiger partial charge in [-0.2, -0.15) is 0 Å². The van der Waals surface area contributed by atoms with E-state index in [2.05, 4.69) is 4.74 Å². The molecule has 156 valence electrons. The molecule has 0 radical (unpaired) electrons. The molecule has 0 amide bonds. The van der Waals surface area contributed by atoms with Crippen LogP contribution in [0.25, 0.3) is 0 Å². The van der Waals surface area contributed by atoms with Crippen molar-refractivity contribution < 1.29 is 33.7 Å². The lowest BCUT2D eigenvalue weighted by Crippen LogP contribution is -2.22. The first-order valence-corrected chi connectivity index (χ1v) is 9.22. The third-order valence-corrected chi connectivity index (χ3v) is 4.82. The summed E-state index contributed by atoms with van der Waals surface area (Å²) in [5, 5.41) is 10.5. The van der Waals surface area contributed by atoms with Gasteiger partial charge in [-0.3, -0.25) is 9.59 Å². The van der Waals surface area contributed by atoms with Crippen LogP contribution in [0.3, 0.4) is 0 Å². The molecule has 1 aliphatic carbocycles. The molecule has 0 aromatic heterocycles. The number of phenols is 1. The van der Waals surface area contributed by atoms with E-state index in [0.717, 1.165) is 0 Å². The smallest absolute Gasteiger partial charge is 0.343 e. The highest BCUT2D eigenvalue weighted by Crippen LogP contribution is 2.42. The van der Waals surface area contributed by atoms with Crippen LogP contribution in [0.1, 0.15) is 31.8 Å². The molecule has 8 heteroatoms. The summed E-state index contributed by atoms with van der Waals surface area (Å²) < 4.78 is 15.5. The molecule has 0 fully saturated rings. The Kier molecular flexibility index (Phi) is 5.04. The van der Waals surface area contributed by atoms with Crippen molar-refractivity contribution in [2.75, 3.05) is 19.5 Å². The van der Waals surface area contributed by atoms with Gasteiger partial charge in [0.25, 0.3) is 0 Å². The predicted molar refractivity (Wildman–Crippen MR) is 110 cm³/mol. The Balaban J connectivity index is 1.64. The zero-order valence-corrected chi connectivity index (χ0v) is 16.4. The van der Waals surface area contributed by atoms with E-state index >= 15 is 0 Å². The molecule has 0 saturated heterocycles. The monoisotopic (exact) mass is 419 g/mol. The minimum Gasteiger partial charge on any atom is -0.507 e. The van der Waals surface area contributed by atoms with Crippen LogP contribution in [-0.4, -0.2) is 36.4 Å². The molecule has 3 aromatic rings. The Bertz CT molecular complexity index is 1220. The minimum absolute atomic E-state index is 0.0278. The number of methoxy groups -OCH3 is 1. The number of nitrogen functional groups attached to an aromatic ring is 1. The van der Waals surface area contributed by atoms with Gasteiger partial charge in [0.2, 0.25) is 0 Å². The first-order valence-electron chi connectivity index (χ1n) is 9.22. The van der Waals surface area contributed by atoms with Crippen LogP contribution in [-0.2, 0) is 9.53 Å². The van der Waals surface area contributed by atoms with Crippen LogP contribution in [0.5, 0.6) is 23.0 Å². The number of benzene rings is 3. The van der Waals surface area contributed by atoms with Crippen LogP contribution in [0, 0.1) is 0 Å². The maximum Gasteiger partial charge on any atom is 0.343 e. The van der Waals surface area contributed by atoms with Crippen LogP contribution < -0.4 is 15.2 Å². The normalized spacial score (nSPS) is 12.0. The Labute approximate surface area is 176 Å². The van der Waals surface area contributed by atoms with Gasteiger partial charge in [0.05, 0.1) is 23.9 Å². The van der Waals surface area contributed by atoms with Gasteiger partial charge >= 0.3 is 5.97 Å². The van der Waals surface area contributed by atoms with Crippen LogP contribution in [0.15, 0.2) is 54.6 Å². The number of ether oxygens (including phenoxy) is 3. The topological polar surface area (TPSA) is 125 Å². The lowest BCUT2D eigenvalue weighted by molar-refractivity contribution is -0.142. The van der Waals surface area contributed by atoms with E-state index in [9.17, 15) is 19.5 Å². The molecule has 8 nitrogen and oxygen atoms in total. The summed E-state index contributed by atoms with van der Waals surface area (Å²) in [5.74, 6) is -1.07. The fourth-order valence-electron chi connectivity index (χ4n) is 3.29. The van der Waals surface area contributed by atoms with Crippen molar-refractivity contribution in [3.8, 4) is 23.0 Å². The molecule has 3 aromatic carbocycles. The van der Waals surface area contributed by atoms with Gasteiger partial charge in [0.15, 0.2) is 23.9 Å². The average Bonchev–Trinajstić information content (AvgIpc) is 2.78. The number of phenolic OH excluding ortho intramolecular Hbond substituents is 1. The fraction of sp³-hybridized carbons (Fsp3) is 0.0870. The molecule has 0 saturated carbocycles. The zero-order chi connectivity index (χ0) is 22.1. The third kappa shape index (κ3) is 3.55. The van der Waals surface area contributed by atoms with E-state index in [-0.39, 0.29) is 40.3 Å². The molecular formula is C23H17NO7. The quantitative estimate of drug-likeness (QED) is 0.287. The van der Waals surface area contributed by atoms with Gasteiger partial charge in [-0.1, -0.05) is 24.3 Å². The van der Waals surface area contributed by atoms with Crippen molar-refractivity contribution in [3.63, 3.8) is 0 Å². The van der Waals surface area contributed by atoms with Crippen molar-refractivity contribution in [2.45, 2.75) is 0 Å². The summed E-state index contributed by atoms with van der Waals surface area (Å²) in [7, 11) is 1.26. The van der Waals surface area contributed by atoms with E-state index in [0.29, 0.717) is 11.5 Å². The largest absolute Gasteiger partial charge is 0.507 e. The number of anilines is 1. The number of carbonyl (C=O) groups excluding carboxylic acids is 3. The van der Waals surface area contributed by atoms with E-state index in [1.54, 1.807) is 36.4 Å². The molecule has 0 unspecified atom stereocenters. The number of fused-ring (bicyclic) bond motifs is 2.